The summed E-state index contributed by atoms with van der Waals surface area (Å²) in [5.41, 5.74) is 0.569. The highest BCUT2D eigenvalue weighted by molar-refractivity contribution is 7.90. The molecule has 0 saturated carbocycles. The van der Waals surface area contributed by atoms with Gasteiger partial charge in [-0.05, 0) is 17.7 Å². The van der Waals surface area contributed by atoms with Crippen molar-refractivity contribution in [1.82, 2.24) is 16.0 Å². The summed E-state index contributed by atoms with van der Waals surface area (Å²) in [6, 6.07) is 4.62. The highest BCUT2D eigenvalue weighted by Gasteiger charge is 2.23. The van der Waals surface area contributed by atoms with Crippen molar-refractivity contribution in [2.45, 2.75) is 12.5 Å². The molecule has 1 atom stereocenters. The molecule has 3 amide bonds. The van der Waals surface area contributed by atoms with E-state index in [4.69, 9.17) is 9.84 Å². The number of benzene rings is 1. The maximum atomic E-state index is 12.4. The number of phenols is 1. The summed E-state index contributed by atoms with van der Waals surface area (Å²) in [4.78, 5) is 46.3. The molecule has 1 aromatic rings. The minimum Gasteiger partial charge on any atom is -0.508 e. The Balaban J connectivity index is 2.72. The number of nitrogens with one attached hydrogen (secondary N) is 3. The Hall–Kier alpha value is -3.35. The number of phenolic OH excluding ortho intramolecular Hbond substituents is 1. The summed E-state index contributed by atoms with van der Waals surface area (Å²) < 4.78 is 26.9. The Morgan fingerprint density at radius 1 is 1.07 bits per heavy atom. The average molecular weight is 445 g/mol. The number of hydrogen-bond donors (Lipinski definition) is 5. The van der Waals surface area contributed by atoms with Crippen molar-refractivity contribution >= 4 is 33.7 Å². The molecule has 1 unspecified atom stereocenters. The predicted octanol–water partition coefficient (Wildman–Crippen LogP) is -1.61. The van der Waals surface area contributed by atoms with E-state index in [9.17, 15) is 32.7 Å². The first-order valence-electron chi connectivity index (χ1n) is 8.61. The molecule has 0 aliphatic rings. The average Bonchev–Trinajstić information content (AvgIpc) is 2.64. The number of alkyl carbamates (subject to hydrolysis) is 1. The van der Waals surface area contributed by atoms with Crippen LogP contribution in [0.4, 0.5) is 4.79 Å². The normalized spacial score (nSPS) is 11.8. The second kappa shape index (κ2) is 11.6. The van der Waals surface area contributed by atoms with E-state index < -0.39 is 59.5 Å². The van der Waals surface area contributed by atoms with Gasteiger partial charge in [-0.2, -0.15) is 0 Å². The quantitative estimate of drug-likeness (QED) is 0.267. The molecule has 1 aromatic carbocycles. The lowest BCUT2D eigenvalue weighted by Crippen LogP contribution is -2.50. The summed E-state index contributed by atoms with van der Waals surface area (Å²) in [7, 11) is -3.34. The summed E-state index contributed by atoms with van der Waals surface area (Å²) >= 11 is 0. The van der Waals surface area contributed by atoms with E-state index in [0.717, 1.165) is 6.26 Å². The third-order valence-electron chi connectivity index (χ3n) is 3.53. The van der Waals surface area contributed by atoms with E-state index in [0.29, 0.717) is 5.56 Å². The molecule has 0 heterocycles. The van der Waals surface area contributed by atoms with Gasteiger partial charge in [-0.3, -0.25) is 14.4 Å². The molecular formula is C17H23N3O9S. The third kappa shape index (κ3) is 10.8. The van der Waals surface area contributed by atoms with Crippen molar-refractivity contribution in [2.75, 3.05) is 31.7 Å². The standard InChI is InChI=1S/C17H23N3O9S/c1-30(27,28)7-6-29-17(26)20-13(8-11-2-4-12(21)5-3-11)16(25)19-9-14(22)18-10-15(23)24/h2-5,13,21H,6-10H2,1H3,(H,18,22)(H,19,25)(H,20,26)(H,23,24). The summed E-state index contributed by atoms with van der Waals surface area (Å²) in [6.45, 7) is -1.55. The van der Waals surface area contributed by atoms with Crippen LogP contribution in [-0.2, 0) is 35.4 Å². The number of carboxylic acid groups (broad SMARTS) is 1. The molecule has 30 heavy (non-hydrogen) atoms. The number of ether oxygens (including phenoxy) is 1. The van der Waals surface area contributed by atoms with E-state index in [1.165, 1.54) is 24.3 Å². The number of carbonyl (C=O) groups is 4. The van der Waals surface area contributed by atoms with Gasteiger partial charge in [0.25, 0.3) is 0 Å². The minimum atomic E-state index is -3.34. The molecule has 0 aromatic heterocycles. The molecule has 0 aliphatic carbocycles. The van der Waals surface area contributed by atoms with E-state index >= 15 is 0 Å². The van der Waals surface area contributed by atoms with E-state index in [2.05, 4.69) is 16.0 Å². The number of carboxylic acids is 1. The fraction of sp³-hybridized carbons (Fsp3) is 0.412. The fourth-order valence-corrected chi connectivity index (χ4v) is 2.46. The van der Waals surface area contributed by atoms with Crippen LogP contribution in [-0.4, -0.2) is 80.3 Å². The van der Waals surface area contributed by atoms with Crippen LogP contribution in [0.15, 0.2) is 24.3 Å². The van der Waals surface area contributed by atoms with Crippen molar-refractivity contribution in [2.24, 2.45) is 0 Å². The van der Waals surface area contributed by atoms with Crippen LogP contribution >= 0.6 is 0 Å². The van der Waals surface area contributed by atoms with Crippen molar-refractivity contribution in [3.8, 4) is 5.75 Å². The van der Waals surface area contributed by atoms with Gasteiger partial charge in [-0.25, -0.2) is 13.2 Å². The van der Waals surface area contributed by atoms with Crippen LogP contribution in [0.1, 0.15) is 5.56 Å². The van der Waals surface area contributed by atoms with Gasteiger partial charge in [-0.1, -0.05) is 12.1 Å². The lowest BCUT2D eigenvalue weighted by molar-refractivity contribution is -0.137. The van der Waals surface area contributed by atoms with Crippen molar-refractivity contribution in [3.05, 3.63) is 29.8 Å². The second-order valence-corrected chi connectivity index (χ2v) is 8.48. The molecule has 0 radical (unpaired) electrons. The lowest BCUT2D eigenvalue weighted by atomic mass is 10.1. The maximum absolute atomic E-state index is 12.4. The predicted molar refractivity (Wildman–Crippen MR) is 103 cm³/mol. The van der Waals surface area contributed by atoms with Crippen LogP contribution in [0.2, 0.25) is 0 Å². The third-order valence-corrected chi connectivity index (χ3v) is 4.44. The largest absolute Gasteiger partial charge is 0.508 e. The zero-order chi connectivity index (χ0) is 22.7. The molecule has 0 saturated heterocycles. The zero-order valence-electron chi connectivity index (χ0n) is 16.1. The topological polar surface area (TPSA) is 188 Å². The summed E-state index contributed by atoms with van der Waals surface area (Å²) in [6.07, 6.45) is -0.0812. The Morgan fingerprint density at radius 2 is 1.70 bits per heavy atom. The fourth-order valence-electron chi connectivity index (χ4n) is 2.07. The van der Waals surface area contributed by atoms with Crippen molar-refractivity contribution < 1.29 is 42.5 Å². The molecule has 0 bridgehead atoms. The summed E-state index contributed by atoms with van der Waals surface area (Å²) in [5.74, 6) is -3.14. The maximum Gasteiger partial charge on any atom is 0.407 e. The Bertz CT molecular complexity index is 869. The molecule has 12 nitrogen and oxygen atoms in total. The molecule has 13 heteroatoms. The zero-order valence-corrected chi connectivity index (χ0v) is 16.9. The molecule has 1 rings (SSSR count). The number of aliphatic carboxylic acids is 1. The first-order chi connectivity index (χ1) is 14.0. The molecule has 0 spiro atoms. The van der Waals surface area contributed by atoms with Gasteiger partial charge in [0.1, 0.15) is 24.9 Å². The van der Waals surface area contributed by atoms with E-state index in [1.54, 1.807) is 0 Å². The van der Waals surface area contributed by atoms with E-state index in [1.807, 2.05) is 0 Å². The molecular weight excluding hydrogens is 422 g/mol. The highest BCUT2D eigenvalue weighted by Crippen LogP contribution is 2.11. The molecule has 0 aliphatic heterocycles. The minimum absolute atomic E-state index is 0.00277. The first-order valence-corrected chi connectivity index (χ1v) is 10.7. The van der Waals surface area contributed by atoms with Gasteiger partial charge in [0, 0.05) is 12.7 Å². The number of aromatic hydroxyl groups is 1. The van der Waals surface area contributed by atoms with Gasteiger partial charge in [-0.15, -0.1) is 0 Å². The van der Waals surface area contributed by atoms with Crippen LogP contribution in [0.3, 0.4) is 0 Å². The van der Waals surface area contributed by atoms with Gasteiger partial charge in [0.2, 0.25) is 11.8 Å². The number of sulfone groups is 1. The van der Waals surface area contributed by atoms with Crippen LogP contribution in [0.5, 0.6) is 5.75 Å². The van der Waals surface area contributed by atoms with Crippen molar-refractivity contribution in [3.63, 3.8) is 0 Å². The van der Waals surface area contributed by atoms with Crippen LogP contribution in [0.25, 0.3) is 0 Å². The monoisotopic (exact) mass is 445 g/mol. The second-order valence-electron chi connectivity index (χ2n) is 6.22. The molecule has 0 fully saturated rings. The highest BCUT2D eigenvalue weighted by atomic mass is 32.2. The van der Waals surface area contributed by atoms with Gasteiger partial charge >= 0.3 is 12.1 Å². The van der Waals surface area contributed by atoms with Gasteiger partial charge in [0.05, 0.1) is 12.3 Å². The SMILES string of the molecule is CS(=O)(=O)CCOC(=O)NC(Cc1ccc(O)cc1)C(=O)NCC(=O)NCC(=O)O. The number of hydrogen-bond acceptors (Lipinski definition) is 8. The Kier molecular flexibility index (Phi) is 9.55. The smallest absolute Gasteiger partial charge is 0.407 e. The number of rotatable bonds is 11. The Morgan fingerprint density at radius 3 is 2.27 bits per heavy atom. The lowest BCUT2D eigenvalue weighted by Gasteiger charge is -2.18. The Labute approximate surface area is 172 Å². The van der Waals surface area contributed by atoms with E-state index in [-0.39, 0.29) is 17.9 Å². The van der Waals surface area contributed by atoms with Crippen molar-refractivity contribution in [1.29, 1.82) is 0 Å². The van der Waals surface area contributed by atoms with Gasteiger partial charge in [0.15, 0.2) is 9.84 Å². The first kappa shape index (κ1) is 24.7. The number of amides is 3. The van der Waals surface area contributed by atoms with Crippen LogP contribution in [0, 0.1) is 0 Å². The van der Waals surface area contributed by atoms with Crippen LogP contribution < -0.4 is 16.0 Å². The summed E-state index contributed by atoms with van der Waals surface area (Å²) in [5, 5.41) is 24.5. The number of carbonyl (C=O) groups excluding carboxylic acids is 3. The van der Waals surface area contributed by atoms with Gasteiger partial charge < -0.3 is 30.9 Å². The molecule has 166 valence electrons. The molecule has 5 N–H and O–H groups in total.